The van der Waals surface area contributed by atoms with Crippen LogP contribution < -0.4 is 5.32 Å². The molecule has 122 valence electrons. The molecule has 1 fully saturated rings. The molecule has 1 saturated heterocycles. The average Bonchev–Trinajstić information content (AvgIpc) is 2.91. The molecule has 22 heavy (non-hydrogen) atoms. The van der Waals surface area contributed by atoms with Crippen molar-refractivity contribution in [2.45, 2.75) is 26.2 Å². The zero-order valence-electron chi connectivity index (χ0n) is 13.3. The second kappa shape index (κ2) is 8.29. The Morgan fingerprint density at radius 2 is 2.36 bits per heavy atom. The van der Waals surface area contributed by atoms with E-state index in [9.17, 15) is 9.59 Å². The Balaban J connectivity index is 1.77. The number of nitrogens with one attached hydrogen (secondary N) is 1. The maximum absolute atomic E-state index is 12.3. The summed E-state index contributed by atoms with van der Waals surface area (Å²) in [6, 6.07) is 2.10. The Morgan fingerprint density at radius 3 is 3.05 bits per heavy atom. The van der Waals surface area contributed by atoms with E-state index in [2.05, 4.69) is 23.7 Å². The van der Waals surface area contributed by atoms with Crippen molar-refractivity contribution < 1.29 is 14.3 Å². The summed E-state index contributed by atoms with van der Waals surface area (Å²) in [5.41, 5.74) is 1.29. The topological polar surface area (TPSA) is 58.6 Å². The Labute approximate surface area is 135 Å². The molecule has 1 aliphatic rings. The number of hydrogen-bond acceptors (Lipinski definition) is 4. The molecule has 0 radical (unpaired) electrons. The third-order valence-electron chi connectivity index (χ3n) is 4.06. The van der Waals surface area contributed by atoms with E-state index in [4.69, 9.17) is 4.74 Å². The van der Waals surface area contributed by atoms with E-state index < -0.39 is 0 Å². The van der Waals surface area contributed by atoms with E-state index in [1.807, 2.05) is 0 Å². The molecule has 1 N–H and O–H groups in total. The first-order chi connectivity index (χ1) is 10.6. The summed E-state index contributed by atoms with van der Waals surface area (Å²) in [6.07, 6.45) is 1.96. The zero-order valence-corrected chi connectivity index (χ0v) is 14.1. The van der Waals surface area contributed by atoms with E-state index in [-0.39, 0.29) is 17.7 Å². The number of methoxy groups -OCH3 is 1. The van der Waals surface area contributed by atoms with Crippen molar-refractivity contribution in [3.8, 4) is 0 Å². The van der Waals surface area contributed by atoms with Gasteiger partial charge >= 0.3 is 0 Å². The first-order valence-electron chi connectivity index (χ1n) is 7.69. The van der Waals surface area contributed by atoms with Gasteiger partial charge in [0.25, 0.3) is 0 Å². The van der Waals surface area contributed by atoms with Crippen LogP contribution in [0, 0.1) is 12.8 Å². The van der Waals surface area contributed by atoms with Crippen LogP contribution in [0.15, 0.2) is 11.4 Å². The number of piperidine rings is 1. The molecule has 1 aromatic rings. The fourth-order valence-corrected chi connectivity index (χ4v) is 3.56. The van der Waals surface area contributed by atoms with Gasteiger partial charge in [0.15, 0.2) is 0 Å². The van der Waals surface area contributed by atoms with Gasteiger partial charge < -0.3 is 15.0 Å². The molecular weight excluding hydrogens is 300 g/mol. The van der Waals surface area contributed by atoms with Gasteiger partial charge in [-0.05, 0) is 36.8 Å². The Bertz CT molecular complexity index is 515. The standard InChI is InChI=1S/C16H24N2O3S/c1-12-6-10-22-14(12)5-7-17-16(20)13-3-4-15(19)18(11-13)8-9-21-2/h6,10,13H,3-5,7-9,11H2,1-2H3,(H,17,20)/t13-/m0/s1. The van der Waals surface area contributed by atoms with Crippen molar-refractivity contribution in [1.29, 1.82) is 0 Å². The smallest absolute Gasteiger partial charge is 0.224 e. The lowest BCUT2D eigenvalue weighted by atomic mass is 9.96. The van der Waals surface area contributed by atoms with E-state index in [1.54, 1.807) is 23.3 Å². The minimum absolute atomic E-state index is 0.0594. The summed E-state index contributed by atoms with van der Waals surface area (Å²) in [5, 5.41) is 5.08. The van der Waals surface area contributed by atoms with E-state index >= 15 is 0 Å². The van der Waals surface area contributed by atoms with Crippen LogP contribution in [0.4, 0.5) is 0 Å². The number of thiophene rings is 1. The molecule has 0 saturated carbocycles. The first-order valence-corrected chi connectivity index (χ1v) is 8.57. The van der Waals surface area contributed by atoms with Crippen molar-refractivity contribution >= 4 is 23.2 Å². The summed E-state index contributed by atoms with van der Waals surface area (Å²) in [5.74, 6) is 0.0819. The molecule has 0 spiro atoms. The van der Waals surface area contributed by atoms with Crippen LogP contribution in [0.5, 0.6) is 0 Å². The number of hydrogen-bond donors (Lipinski definition) is 1. The quantitative estimate of drug-likeness (QED) is 0.829. The fraction of sp³-hybridized carbons (Fsp3) is 0.625. The van der Waals surface area contributed by atoms with Gasteiger partial charge in [-0.25, -0.2) is 0 Å². The van der Waals surface area contributed by atoms with Gasteiger partial charge in [-0.2, -0.15) is 0 Å². The molecule has 0 bridgehead atoms. The number of ether oxygens (including phenoxy) is 1. The van der Waals surface area contributed by atoms with Crippen LogP contribution in [0.3, 0.4) is 0 Å². The molecule has 0 aliphatic carbocycles. The highest BCUT2D eigenvalue weighted by Crippen LogP contribution is 2.18. The Morgan fingerprint density at radius 1 is 1.55 bits per heavy atom. The summed E-state index contributed by atoms with van der Waals surface area (Å²) < 4.78 is 5.01. The monoisotopic (exact) mass is 324 g/mol. The molecule has 2 amide bonds. The van der Waals surface area contributed by atoms with Crippen LogP contribution in [-0.4, -0.2) is 50.1 Å². The average molecular weight is 324 g/mol. The minimum Gasteiger partial charge on any atom is -0.383 e. The van der Waals surface area contributed by atoms with Gasteiger partial charge in [0.1, 0.15) is 0 Å². The summed E-state index contributed by atoms with van der Waals surface area (Å²) >= 11 is 1.73. The van der Waals surface area contributed by atoms with E-state index in [0.717, 1.165) is 6.42 Å². The predicted octanol–water partition coefficient (Wildman–Crippen LogP) is 1.60. The van der Waals surface area contributed by atoms with E-state index in [0.29, 0.717) is 39.1 Å². The van der Waals surface area contributed by atoms with Crippen LogP contribution in [0.25, 0.3) is 0 Å². The summed E-state index contributed by atoms with van der Waals surface area (Å²) in [7, 11) is 1.62. The van der Waals surface area contributed by atoms with Gasteiger partial charge in [0, 0.05) is 38.0 Å². The van der Waals surface area contributed by atoms with Gasteiger partial charge in [0.2, 0.25) is 11.8 Å². The van der Waals surface area contributed by atoms with Gasteiger partial charge in [0.05, 0.1) is 12.5 Å². The Hall–Kier alpha value is -1.40. The lowest BCUT2D eigenvalue weighted by Crippen LogP contribution is -2.47. The number of aryl methyl sites for hydroxylation is 1. The van der Waals surface area contributed by atoms with Crippen LogP contribution >= 0.6 is 11.3 Å². The summed E-state index contributed by atoms with van der Waals surface area (Å²) in [6.45, 7) is 4.33. The molecule has 1 aliphatic heterocycles. The number of carbonyl (C=O) groups is 2. The first kappa shape index (κ1) is 17.0. The number of likely N-dealkylation sites (tertiary alicyclic amines) is 1. The number of amides is 2. The molecule has 1 atom stereocenters. The van der Waals surface area contributed by atoms with Crippen molar-refractivity contribution in [3.63, 3.8) is 0 Å². The molecule has 5 nitrogen and oxygen atoms in total. The third-order valence-corrected chi connectivity index (χ3v) is 5.14. The highest BCUT2D eigenvalue weighted by molar-refractivity contribution is 7.10. The van der Waals surface area contributed by atoms with Crippen molar-refractivity contribution in [1.82, 2.24) is 10.2 Å². The highest BCUT2D eigenvalue weighted by atomic mass is 32.1. The van der Waals surface area contributed by atoms with Gasteiger partial charge in [-0.3, -0.25) is 9.59 Å². The van der Waals surface area contributed by atoms with Crippen molar-refractivity contribution in [2.24, 2.45) is 5.92 Å². The lowest BCUT2D eigenvalue weighted by Gasteiger charge is -2.31. The number of rotatable bonds is 7. The summed E-state index contributed by atoms with van der Waals surface area (Å²) in [4.78, 5) is 27.1. The molecule has 0 unspecified atom stereocenters. The maximum atomic E-state index is 12.3. The maximum Gasteiger partial charge on any atom is 0.224 e. The van der Waals surface area contributed by atoms with Gasteiger partial charge in [-0.15, -0.1) is 11.3 Å². The van der Waals surface area contributed by atoms with Gasteiger partial charge in [-0.1, -0.05) is 0 Å². The molecule has 1 aromatic heterocycles. The van der Waals surface area contributed by atoms with Crippen molar-refractivity contribution in [3.05, 3.63) is 21.9 Å². The third kappa shape index (κ3) is 4.55. The fourth-order valence-electron chi connectivity index (χ4n) is 2.65. The zero-order chi connectivity index (χ0) is 15.9. The van der Waals surface area contributed by atoms with E-state index in [1.165, 1.54) is 10.4 Å². The Kier molecular flexibility index (Phi) is 6.39. The highest BCUT2D eigenvalue weighted by Gasteiger charge is 2.29. The predicted molar refractivity (Wildman–Crippen MR) is 86.9 cm³/mol. The van der Waals surface area contributed by atoms with Crippen molar-refractivity contribution in [2.75, 3.05) is 33.4 Å². The minimum atomic E-state index is -0.0982. The normalized spacial score (nSPS) is 18.5. The molecule has 2 heterocycles. The van der Waals surface area contributed by atoms with Crippen LogP contribution in [0.1, 0.15) is 23.3 Å². The number of carbonyl (C=O) groups excluding carboxylic acids is 2. The largest absolute Gasteiger partial charge is 0.383 e. The molecule has 0 aromatic carbocycles. The second-order valence-corrected chi connectivity index (χ2v) is 6.64. The van der Waals surface area contributed by atoms with Crippen LogP contribution in [-0.2, 0) is 20.7 Å². The number of nitrogens with zero attached hydrogens (tertiary/aromatic N) is 1. The SMILES string of the molecule is COCCN1C[C@@H](C(=O)NCCc2sccc2C)CCC1=O. The lowest BCUT2D eigenvalue weighted by molar-refractivity contribution is -0.138. The molecule has 6 heteroatoms. The molecular formula is C16H24N2O3S. The second-order valence-electron chi connectivity index (χ2n) is 5.64. The van der Waals surface area contributed by atoms with Crippen LogP contribution in [0.2, 0.25) is 0 Å². The molecule has 2 rings (SSSR count).